The molecule has 5 rings (SSSR count). The first kappa shape index (κ1) is 25.4. The second-order valence-electron chi connectivity index (χ2n) is 10.4. The molecule has 1 saturated carbocycles. The van der Waals surface area contributed by atoms with Crippen LogP contribution in [0.5, 0.6) is 0 Å². The van der Waals surface area contributed by atoms with Crippen molar-refractivity contribution in [1.82, 2.24) is 29.9 Å². The summed E-state index contributed by atoms with van der Waals surface area (Å²) in [6, 6.07) is 16.8. The first-order valence-electron chi connectivity index (χ1n) is 12.7. The fraction of sp³-hybridized carbons (Fsp3) is 0.357. The van der Waals surface area contributed by atoms with Crippen molar-refractivity contribution in [2.45, 2.75) is 57.3 Å². The summed E-state index contributed by atoms with van der Waals surface area (Å²) in [6.45, 7) is 4.03. The molecule has 3 aromatic heterocycles. The second kappa shape index (κ2) is 10.3. The molecule has 4 aromatic rings. The minimum absolute atomic E-state index is 0.245. The average molecular weight is 511 g/mol. The summed E-state index contributed by atoms with van der Waals surface area (Å²) in [5.74, 6) is 0.329. The van der Waals surface area contributed by atoms with Crippen molar-refractivity contribution < 1.29 is 10.2 Å². The number of rotatable bonds is 8. The van der Waals surface area contributed by atoms with Gasteiger partial charge in [0.05, 0.1) is 52.8 Å². The van der Waals surface area contributed by atoms with Crippen LogP contribution in [0.15, 0.2) is 54.7 Å². The summed E-state index contributed by atoms with van der Waals surface area (Å²) in [6.07, 6.45) is 5.25. The van der Waals surface area contributed by atoms with E-state index in [0.29, 0.717) is 40.8 Å². The number of nitrogens with zero attached hydrogens (tertiary/aromatic N) is 7. The lowest BCUT2D eigenvalue weighted by Crippen LogP contribution is -2.30. The third-order valence-corrected chi connectivity index (χ3v) is 6.53. The Morgan fingerprint density at radius 3 is 2.55 bits per heavy atom. The number of nitrogens with one attached hydrogen (secondary N) is 1. The van der Waals surface area contributed by atoms with Crippen LogP contribution >= 0.6 is 0 Å². The first-order chi connectivity index (χ1) is 18.2. The lowest BCUT2D eigenvalue weighted by molar-refractivity contribution is 0.0397. The minimum Gasteiger partial charge on any atom is -0.389 e. The molecular weight excluding hydrogens is 480 g/mol. The number of hydrogen-bond donors (Lipinski definition) is 3. The molecule has 194 valence electrons. The van der Waals surface area contributed by atoms with Crippen molar-refractivity contribution in [3.8, 4) is 28.7 Å². The molecule has 0 unspecified atom stereocenters. The van der Waals surface area contributed by atoms with E-state index in [2.05, 4.69) is 31.7 Å². The summed E-state index contributed by atoms with van der Waals surface area (Å²) in [5, 5.41) is 42.1. The molecule has 0 spiro atoms. The molecule has 0 radical (unpaired) electrons. The fourth-order valence-electron chi connectivity index (χ4n) is 4.55. The van der Waals surface area contributed by atoms with Crippen molar-refractivity contribution in [2.75, 3.05) is 11.9 Å². The Labute approximate surface area is 221 Å². The topological polar surface area (TPSA) is 146 Å². The molecule has 0 amide bonds. The van der Waals surface area contributed by atoms with Crippen LogP contribution in [-0.4, -0.2) is 52.3 Å². The maximum Gasteiger partial charge on any atom is 0.223 e. The number of pyridine rings is 1. The average Bonchev–Trinajstić information content (AvgIpc) is 3.57. The molecule has 3 heterocycles. The Bertz CT molecular complexity index is 1480. The van der Waals surface area contributed by atoms with Gasteiger partial charge in [-0.2, -0.15) is 5.26 Å². The van der Waals surface area contributed by atoms with E-state index in [1.807, 2.05) is 24.3 Å². The molecular formula is C28H30N8O2. The van der Waals surface area contributed by atoms with Gasteiger partial charge in [0.15, 0.2) is 0 Å². The van der Waals surface area contributed by atoms with Gasteiger partial charge in [0.1, 0.15) is 11.3 Å². The Hall–Kier alpha value is -4.20. The van der Waals surface area contributed by atoms with Crippen LogP contribution in [-0.2, 0) is 12.1 Å². The highest BCUT2D eigenvalue weighted by Gasteiger charge is 2.34. The summed E-state index contributed by atoms with van der Waals surface area (Å²) in [7, 11) is 0. The number of nitriles is 1. The second-order valence-corrected chi connectivity index (χ2v) is 10.4. The van der Waals surface area contributed by atoms with E-state index < -0.39 is 11.2 Å². The van der Waals surface area contributed by atoms with Gasteiger partial charge >= 0.3 is 0 Å². The van der Waals surface area contributed by atoms with E-state index in [1.54, 1.807) is 49.0 Å². The molecule has 0 bridgehead atoms. The Morgan fingerprint density at radius 2 is 1.79 bits per heavy atom. The van der Waals surface area contributed by atoms with Crippen molar-refractivity contribution in [2.24, 2.45) is 0 Å². The molecule has 38 heavy (non-hydrogen) atoms. The monoisotopic (exact) mass is 510 g/mol. The van der Waals surface area contributed by atoms with E-state index in [-0.39, 0.29) is 6.54 Å². The van der Waals surface area contributed by atoms with Gasteiger partial charge in [-0.1, -0.05) is 36.3 Å². The minimum atomic E-state index is -0.962. The van der Waals surface area contributed by atoms with Crippen molar-refractivity contribution in [1.29, 1.82) is 5.26 Å². The van der Waals surface area contributed by atoms with Gasteiger partial charge in [-0.3, -0.25) is 4.98 Å². The maximum atomic E-state index is 10.9. The van der Waals surface area contributed by atoms with E-state index in [9.17, 15) is 15.5 Å². The third-order valence-electron chi connectivity index (χ3n) is 6.53. The molecule has 0 saturated heterocycles. The van der Waals surface area contributed by atoms with Gasteiger partial charge in [-0.05, 0) is 57.0 Å². The summed E-state index contributed by atoms with van der Waals surface area (Å²) in [4.78, 5) is 13.9. The third kappa shape index (κ3) is 5.85. The van der Waals surface area contributed by atoms with Gasteiger partial charge in [-0.25, -0.2) is 14.6 Å². The lowest BCUT2D eigenvalue weighted by Gasteiger charge is -2.21. The molecule has 1 aliphatic rings. The summed E-state index contributed by atoms with van der Waals surface area (Å²) in [5.41, 5.74) is 2.66. The Kier molecular flexibility index (Phi) is 6.89. The van der Waals surface area contributed by atoms with E-state index in [1.165, 1.54) is 0 Å². The molecule has 1 aliphatic carbocycles. The Morgan fingerprint density at radius 1 is 1.03 bits per heavy atom. The predicted octanol–water partition coefficient (Wildman–Crippen LogP) is 3.66. The fourth-order valence-corrected chi connectivity index (χ4v) is 4.55. The van der Waals surface area contributed by atoms with E-state index in [4.69, 9.17) is 4.98 Å². The molecule has 10 nitrogen and oxygen atoms in total. The zero-order valence-electron chi connectivity index (χ0n) is 21.5. The predicted molar refractivity (Wildman–Crippen MR) is 142 cm³/mol. The van der Waals surface area contributed by atoms with Gasteiger partial charge < -0.3 is 15.5 Å². The smallest absolute Gasteiger partial charge is 0.223 e. The molecule has 10 heteroatoms. The Balaban J connectivity index is 1.44. The van der Waals surface area contributed by atoms with Crippen molar-refractivity contribution in [3.05, 3.63) is 71.7 Å². The highest BCUT2D eigenvalue weighted by atomic mass is 16.3. The number of aromatic nitrogens is 6. The number of aliphatic hydroxyl groups is 2. The normalized spacial score (nSPS) is 14.8. The van der Waals surface area contributed by atoms with Crippen LogP contribution in [0.2, 0.25) is 0 Å². The van der Waals surface area contributed by atoms with Gasteiger partial charge in [0, 0.05) is 12.1 Å². The summed E-state index contributed by atoms with van der Waals surface area (Å²) < 4.78 is 1.68. The maximum absolute atomic E-state index is 10.9. The standard InChI is InChI=1S/C28H30N8O2/c1-27(2,37)18-30-26-32-22(20-8-5-7-19(13-20)15-29)14-23(33-26)24-17-36(35-34-24)16-21-9-6-10-25(31-21)28(38)11-3-4-12-28/h5-10,13-14,17,37-38H,3-4,11-12,16,18H2,1-2H3,(H,30,32,33). The van der Waals surface area contributed by atoms with Crippen LogP contribution in [0.4, 0.5) is 5.95 Å². The lowest BCUT2D eigenvalue weighted by atomic mass is 9.97. The summed E-state index contributed by atoms with van der Waals surface area (Å²) >= 11 is 0. The number of benzene rings is 1. The molecule has 3 N–H and O–H groups in total. The van der Waals surface area contributed by atoms with E-state index in [0.717, 1.165) is 36.9 Å². The zero-order chi connectivity index (χ0) is 26.8. The van der Waals surface area contributed by atoms with E-state index >= 15 is 0 Å². The number of anilines is 1. The number of hydrogen-bond acceptors (Lipinski definition) is 9. The molecule has 0 atom stereocenters. The highest BCUT2D eigenvalue weighted by molar-refractivity contribution is 5.68. The van der Waals surface area contributed by atoms with Crippen molar-refractivity contribution in [3.63, 3.8) is 0 Å². The molecule has 0 aliphatic heterocycles. The highest BCUT2D eigenvalue weighted by Crippen LogP contribution is 2.37. The zero-order valence-corrected chi connectivity index (χ0v) is 21.5. The van der Waals surface area contributed by atoms with Crippen LogP contribution in [0.3, 0.4) is 0 Å². The van der Waals surface area contributed by atoms with Gasteiger partial charge in [0.25, 0.3) is 0 Å². The van der Waals surface area contributed by atoms with Crippen molar-refractivity contribution >= 4 is 5.95 Å². The van der Waals surface area contributed by atoms with Gasteiger partial charge in [0.2, 0.25) is 5.95 Å². The molecule has 1 fully saturated rings. The van der Waals surface area contributed by atoms with Gasteiger partial charge in [-0.15, -0.1) is 5.10 Å². The largest absolute Gasteiger partial charge is 0.389 e. The van der Waals surface area contributed by atoms with Crippen LogP contribution in [0.1, 0.15) is 56.5 Å². The first-order valence-corrected chi connectivity index (χ1v) is 12.7. The SMILES string of the molecule is CC(C)(O)CNc1nc(-c2cccc(C#N)c2)cc(-c2cn(Cc3cccc(C4(O)CCCC4)n3)nn2)n1. The van der Waals surface area contributed by atoms with Crippen LogP contribution in [0.25, 0.3) is 22.6 Å². The van der Waals surface area contributed by atoms with Crippen LogP contribution in [0, 0.1) is 11.3 Å². The molecule has 1 aromatic carbocycles. The quantitative estimate of drug-likeness (QED) is 0.323. The van der Waals surface area contributed by atoms with Crippen LogP contribution < -0.4 is 5.32 Å².